The molecule has 4 heteroatoms. The number of hydrogen-bond acceptors (Lipinski definition) is 3. The summed E-state index contributed by atoms with van der Waals surface area (Å²) in [5.74, 6) is 0. The molecule has 0 aliphatic carbocycles. The van der Waals surface area contributed by atoms with Crippen LogP contribution in [0, 0.1) is 0 Å². The summed E-state index contributed by atoms with van der Waals surface area (Å²) in [5, 5.41) is 0. The lowest BCUT2D eigenvalue weighted by atomic mass is 10.2. The summed E-state index contributed by atoms with van der Waals surface area (Å²) < 4.78 is 4.97. The van der Waals surface area contributed by atoms with Crippen molar-refractivity contribution in [2.75, 3.05) is 18.1 Å². The van der Waals surface area contributed by atoms with E-state index in [1.807, 2.05) is 24.3 Å². The van der Waals surface area contributed by atoms with Crippen molar-refractivity contribution in [1.29, 1.82) is 0 Å². The monoisotopic (exact) mass is 206 g/mol. The van der Waals surface area contributed by atoms with Gasteiger partial charge in [0.05, 0.1) is 6.61 Å². The Labute approximate surface area is 88.6 Å². The minimum atomic E-state index is -0.268. The second kappa shape index (κ2) is 4.31. The molecule has 0 spiro atoms. The molecule has 80 valence electrons. The van der Waals surface area contributed by atoms with Crippen molar-refractivity contribution < 1.29 is 9.53 Å². The number of nitrogens with two attached hydrogens (primary N) is 1. The van der Waals surface area contributed by atoms with E-state index in [-0.39, 0.29) is 6.09 Å². The summed E-state index contributed by atoms with van der Waals surface area (Å²) in [6.45, 7) is 1.72. The summed E-state index contributed by atoms with van der Waals surface area (Å²) in [4.78, 5) is 13.1. The Kier molecular flexibility index (Phi) is 2.87. The molecule has 0 aromatic heterocycles. The van der Waals surface area contributed by atoms with Crippen LogP contribution in [0.1, 0.15) is 12.0 Å². The SMILES string of the molecule is NCc1cccc(N2CCCOC2=O)c1. The quantitative estimate of drug-likeness (QED) is 0.797. The van der Waals surface area contributed by atoms with E-state index >= 15 is 0 Å². The molecule has 0 bridgehead atoms. The molecule has 15 heavy (non-hydrogen) atoms. The number of nitrogens with zero attached hydrogens (tertiary/aromatic N) is 1. The van der Waals surface area contributed by atoms with Crippen LogP contribution >= 0.6 is 0 Å². The molecule has 1 aliphatic rings. The van der Waals surface area contributed by atoms with Crippen molar-refractivity contribution in [2.45, 2.75) is 13.0 Å². The summed E-state index contributed by atoms with van der Waals surface area (Å²) in [7, 11) is 0. The van der Waals surface area contributed by atoms with Gasteiger partial charge in [0, 0.05) is 18.8 Å². The minimum absolute atomic E-state index is 0.268. The van der Waals surface area contributed by atoms with Crippen LogP contribution in [0.25, 0.3) is 0 Å². The van der Waals surface area contributed by atoms with Gasteiger partial charge in [0.15, 0.2) is 0 Å². The Morgan fingerprint density at radius 3 is 3.07 bits per heavy atom. The van der Waals surface area contributed by atoms with Crippen LogP contribution in [0.15, 0.2) is 24.3 Å². The fourth-order valence-corrected chi connectivity index (χ4v) is 1.64. The average molecular weight is 206 g/mol. The number of benzene rings is 1. The molecule has 0 unspecified atom stereocenters. The van der Waals surface area contributed by atoms with Crippen molar-refractivity contribution in [3.05, 3.63) is 29.8 Å². The van der Waals surface area contributed by atoms with Gasteiger partial charge in [-0.1, -0.05) is 12.1 Å². The van der Waals surface area contributed by atoms with Crippen LogP contribution in [-0.4, -0.2) is 19.2 Å². The molecule has 4 nitrogen and oxygen atoms in total. The van der Waals surface area contributed by atoms with Gasteiger partial charge in [-0.25, -0.2) is 4.79 Å². The van der Waals surface area contributed by atoms with Crippen molar-refractivity contribution in [3.63, 3.8) is 0 Å². The third-order valence-corrected chi connectivity index (χ3v) is 2.43. The van der Waals surface area contributed by atoms with E-state index in [1.165, 1.54) is 0 Å². The summed E-state index contributed by atoms with van der Waals surface area (Å²) in [6.07, 6.45) is 0.605. The predicted molar refractivity (Wildman–Crippen MR) is 57.6 cm³/mol. The fourth-order valence-electron chi connectivity index (χ4n) is 1.64. The second-order valence-electron chi connectivity index (χ2n) is 3.49. The van der Waals surface area contributed by atoms with E-state index in [0.717, 1.165) is 17.7 Å². The van der Waals surface area contributed by atoms with Gasteiger partial charge in [0.2, 0.25) is 0 Å². The zero-order valence-corrected chi connectivity index (χ0v) is 8.48. The first-order valence-electron chi connectivity index (χ1n) is 5.04. The topological polar surface area (TPSA) is 55.6 Å². The summed E-state index contributed by atoms with van der Waals surface area (Å²) in [6, 6.07) is 7.66. The van der Waals surface area contributed by atoms with Crippen LogP contribution < -0.4 is 10.6 Å². The Bertz CT molecular complexity index is 365. The molecule has 1 aromatic carbocycles. The maximum atomic E-state index is 11.5. The molecule has 0 saturated carbocycles. The molecule has 1 aromatic rings. The zero-order chi connectivity index (χ0) is 10.7. The number of amides is 1. The number of cyclic esters (lactones) is 1. The molecule has 1 amide bonds. The lowest BCUT2D eigenvalue weighted by Crippen LogP contribution is -2.37. The maximum absolute atomic E-state index is 11.5. The molecule has 1 heterocycles. The van der Waals surface area contributed by atoms with Crippen molar-refractivity contribution >= 4 is 11.8 Å². The Hall–Kier alpha value is -1.55. The molecular formula is C11H14N2O2. The zero-order valence-electron chi connectivity index (χ0n) is 8.48. The highest BCUT2D eigenvalue weighted by atomic mass is 16.6. The Morgan fingerprint density at radius 1 is 1.47 bits per heavy atom. The van der Waals surface area contributed by atoms with Gasteiger partial charge in [-0.05, 0) is 24.1 Å². The van der Waals surface area contributed by atoms with Gasteiger partial charge >= 0.3 is 6.09 Å². The van der Waals surface area contributed by atoms with E-state index < -0.39 is 0 Å². The largest absolute Gasteiger partial charge is 0.449 e. The van der Waals surface area contributed by atoms with Gasteiger partial charge < -0.3 is 10.5 Å². The highest BCUT2D eigenvalue weighted by Gasteiger charge is 2.20. The number of carbonyl (C=O) groups excluding carboxylic acids is 1. The standard InChI is InChI=1S/C11H14N2O2/c12-8-9-3-1-4-10(7-9)13-5-2-6-15-11(13)14/h1,3-4,7H,2,5-6,8,12H2. The summed E-state index contributed by atoms with van der Waals surface area (Å²) in [5.41, 5.74) is 7.43. The molecule has 2 rings (SSSR count). The fraction of sp³-hybridized carbons (Fsp3) is 0.364. The number of ether oxygens (including phenoxy) is 1. The molecule has 1 saturated heterocycles. The van der Waals surface area contributed by atoms with Gasteiger partial charge in [0.25, 0.3) is 0 Å². The van der Waals surface area contributed by atoms with E-state index in [1.54, 1.807) is 4.90 Å². The lowest BCUT2D eigenvalue weighted by Gasteiger charge is -2.26. The van der Waals surface area contributed by atoms with Crippen LogP contribution in [0.4, 0.5) is 10.5 Å². The van der Waals surface area contributed by atoms with E-state index in [9.17, 15) is 4.79 Å². The first-order chi connectivity index (χ1) is 7.31. The van der Waals surface area contributed by atoms with Gasteiger partial charge in [-0.15, -0.1) is 0 Å². The minimum Gasteiger partial charge on any atom is -0.449 e. The van der Waals surface area contributed by atoms with Crippen molar-refractivity contribution in [1.82, 2.24) is 0 Å². The highest BCUT2D eigenvalue weighted by molar-refractivity contribution is 5.88. The molecular weight excluding hydrogens is 192 g/mol. The first-order valence-corrected chi connectivity index (χ1v) is 5.04. The van der Waals surface area contributed by atoms with Crippen molar-refractivity contribution in [2.24, 2.45) is 5.73 Å². The third-order valence-electron chi connectivity index (χ3n) is 2.43. The Morgan fingerprint density at radius 2 is 2.33 bits per heavy atom. The number of rotatable bonds is 2. The number of carbonyl (C=O) groups is 1. The normalized spacial score (nSPS) is 16.3. The average Bonchev–Trinajstić information content (AvgIpc) is 2.30. The molecule has 1 aliphatic heterocycles. The van der Waals surface area contributed by atoms with Crippen molar-refractivity contribution in [3.8, 4) is 0 Å². The van der Waals surface area contributed by atoms with E-state index in [2.05, 4.69) is 0 Å². The van der Waals surface area contributed by atoms with E-state index in [4.69, 9.17) is 10.5 Å². The summed E-state index contributed by atoms with van der Waals surface area (Å²) >= 11 is 0. The lowest BCUT2D eigenvalue weighted by molar-refractivity contribution is 0.140. The van der Waals surface area contributed by atoms with Gasteiger partial charge in [-0.2, -0.15) is 0 Å². The smallest absolute Gasteiger partial charge is 0.414 e. The van der Waals surface area contributed by atoms with E-state index in [0.29, 0.717) is 19.7 Å². The first kappa shape index (κ1) is 9.98. The van der Waals surface area contributed by atoms with Crippen LogP contribution in [0.3, 0.4) is 0 Å². The maximum Gasteiger partial charge on any atom is 0.414 e. The molecule has 0 atom stereocenters. The van der Waals surface area contributed by atoms with Crippen LogP contribution in [0.2, 0.25) is 0 Å². The van der Waals surface area contributed by atoms with Crippen LogP contribution in [-0.2, 0) is 11.3 Å². The highest BCUT2D eigenvalue weighted by Crippen LogP contribution is 2.19. The number of anilines is 1. The second-order valence-corrected chi connectivity index (χ2v) is 3.49. The molecule has 2 N–H and O–H groups in total. The molecule has 1 fully saturated rings. The van der Waals surface area contributed by atoms with Crippen LogP contribution in [0.5, 0.6) is 0 Å². The van der Waals surface area contributed by atoms with Gasteiger partial charge in [-0.3, -0.25) is 4.90 Å². The third kappa shape index (κ3) is 2.10. The van der Waals surface area contributed by atoms with Gasteiger partial charge in [0.1, 0.15) is 0 Å². The Balaban J connectivity index is 2.23. The molecule has 0 radical (unpaired) electrons. The number of hydrogen-bond donors (Lipinski definition) is 1. The predicted octanol–water partition coefficient (Wildman–Crippen LogP) is 1.49.